The fourth-order valence-electron chi connectivity index (χ4n) is 3.20. The average Bonchev–Trinajstić information content (AvgIpc) is 2.91. The standard InChI is InChI=1S/C16H22N2O2/c19-15(18-11-16(20)7-8-17-10-16)14-6-5-12-3-1-2-4-13(12)9-14/h1-4,14,17,20H,5-11H2,(H,18,19). The number of carbonyl (C=O) groups excluding carboxylic acids is 1. The number of benzene rings is 1. The van der Waals surface area contributed by atoms with Gasteiger partial charge < -0.3 is 15.7 Å². The summed E-state index contributed by atoms with van der Waals surface area (Å²) in [5.74, 6) is 0.127. The van der Waals surface area contributed by atoms with Crippen molar-refractivity contribution in [1.82, 2.24) is 10.6 Å². The number of fused-ring (bicyclic) bond motifs is 1. The molecule has 20 heavy (non-hydrogen) atoms. The van der Waals surface area contributed by atoms with Crippen LogP contribution >= 0.6 is 0 Å². The third kappa shape index (κ3) is 2.86. The zero-order chi connectivity index (χ0) is 14.0. The molecule has 1 aliphatic carbocycles. The molecule has 108 valence electrons. The molecule has 2 aliphatic rings. The molecule has 1 saturated heterocycles. The number of hydrogen-bond acceptors (Lipinski definition) is 3. The van der Waals surface area contributed by atoms with Crippen LogP contribution < -0.4 is 10.6 Å². The summed E-state index contributed by atoms with van der Waals surface area (Å²) in [6.45, 7) is 1.75. The van der Waals surface area contributed by atoms with Crippen LogP contribution in [0.25, 0.3) is 0 Å². The first-order valence-corrected chi connectivity index (χ1v) is 7.44. The van der Waals surface area contributed by atoms with E-state index < -0.39 is 5.60 Å². The zero-order valence-corrected chi connectivity index (χ0v) is 11.7. The van der Waals surface area contributed by atoms with Crippen molar-refractivity contribution in [2.24, 2.45) is 5.92 Å². The molecule has 0 spiro atoms. The van der Waals surface area contributed by atoms with Gasteiger partial charge in [0.1, 0.15) is 0 Å². The lowest BCUT2D eigenvalue weighted by Crippen LogP contribution is -2.46. The third-order valence-electron chi connectivity index (χ3n) is 4.53. The van der Waals surface area contributed by atoms with Crippen molar-refractivity contribution in [3.63, 3.8) is 0 Å². The first-order chi connectivity index (χ1) is 9.66. The van der Waals surface area contributed by atoms with E-state index in [9.17, 15) is 9.90 Å². The van der Waals surface area contributed by atoms with Crippen molar-refractivity contribution >= 4 is 5.91 Å². The van der Waals surface area contributed by atoms with Crippen LogP contribution in [0.4, 0.5) is 0 Å². The summed E-state index contributed by atoms with van der Waals surface area (Å²) in [4.78, 5) is 12.3. The monoisotopic (exact) mass is 274 g/mol. The molecule has 0 bridgehead atoms. The van der Waals surface area contributed by atoms with Gasteiger partial charge in [0.15, 0.2) is 0 Å². The van der Waals surface area contributed by atoms with E-state index in [0.29, 0.717) is 19.5 Å². The maximum Gasteiger partial charge on any atom is 0.223 e. The highest BCUT2D eigenvalue weighted by Crippen LogP contribution is 2.25. The number of aryl methyl sites for hydroxylation is 1. The predicted molar refractivity (Wildman–Crippen MR) is 77.4 cm³/mol. The van der Waals surface area contributed by atoms with Crippen molar-refractivity contribution in [3.8, 4) is 0 Å². The molecule has 1 aromatic carbocycles. The van der Waals surface area contributed by atoms with Crippen LogP contribution in [0, 0.1) is 5.92 Å². The molecule has 4 nitrogen and oxygen atoms in total. The van der Waals surface area contributed by atoms with Gasteiger partial charge in [-0.2, -0.15) is 0 Å². The van der Waals surface area contributed by atoms with Gasteiger partial charge in [-0.1, -0.05) is 24.3 Å². The molecular weight excluding hydrogens is 252 g/mol. The predicted octanol–water partition coefficient (Wildman–Crippen LogP) is 0.632. The Bertz CT molecular complexity index is 495. The Kier molecular flexibility index (Phi) is 3.76. The van der Waals surface area contributed by atoms with Gasteiger partial charge in [-0.3, -0.25) is 4.79 Å². The fraction of sp³-hybridized carbons (Fsp3) is 0.562. The summed E-state index contributed by atoms with van der Waals surface area (Å²) in [6.07, 6.45) is 3.40. The Morgan fingerprint density at radius 3 is 2.95 bits per heavy atom. The Balaban J connectivity index is 1.56. The Morgan fingerprint density at radius 1 is 1.40 bits per heavy atom. The number of amides is 1. The third-order valence-corrected chi connectivity index (χ3v) is 4.53. The molecule has 1 aliphatic heterocycles. The fourth-order valence-corrected chi connectivity index (χ4v) is 3.20. The van der Waals surface area contributed by atoms with E-state index in [1.54, 1.807) is 0 Å². The number of rotatable bonds is 3. The smallest absolute Gasteiger partial charge is 0.223 e. The van der Waals surface area contributed by atoms with E-state index >= 15 is 0 Å². The average molecular weight is 274 g/mol. The van der Waals surface area contributed by atoms with Crippen LogP contribution in [-0.4, -0.2) is 36.2 Å². The number of carbonyl (C=O) groups is 1. The molecule has 0 radical (unpaired) electrons. The largest absolute Gasteiger partial charge is 0.387 e. The van der Waals surface area contributed by atoms with Crippen LogP contribution in [0.5, 0.6) is 0 Å². The Morgan fingerprint density at radius 2 is 2.20 bits per heavy atom. The molecule has 1 heterocycles. The SMILES string of the molecule is O=C(NCC1(O)CCNC1)C1CCc2ccccc2C1. The molecule has 1 fully saturated rings. The second kappa shape index (κ2) is 5.54. The van der Waals surface area contributed by atoms with Gasteiger partial charge in [-0.15, -0.1) is 0 Å². The molecule has 0 aromatic heterocycles. The normalized spacial score (nSPS) is 28.9. The summed E-state index contributed by atoms with van der Waals surface area (Å²) in [7, 11) is 0. The highest BCUT2D eigenvalue weighted by Gasteiger charge is 2.32. The lowest BCUT2D eigenvalue weighted by molar-refractivity contribution is -0.126. The Labute approximate surface area is 119 Å². The van der Waals surface area contributed by atoms with E-state index in [1.807, 2.05) is 6.07 Å². The van der Waals surface area contributed by atoms with Gasteiger partial charge in [-0.05, 0) is 43.4 Å². The van der Waals surface area contributed by atoms with Gasteiger partial charge in [0.25, 0.3) is 0 Å². The summed E-state index contributed by atoms with van der Waals surface area (Å²) in [5.41, 5.74) is 1.90. The van der Waals surface area contributed by atoms with Crippen LogP contribution in [-0.2, 0) is 17.6 Å². The molecular formula is C16H22N2O2. The minimum atomic E-state index is -0.762. The van der Waals surface area contributed by atoms with E-state index in [1.165, 1.54) is 11.1 Å². The molecule has 3 N–H and O–H groups in total. The van der Waals surface area contributed by atoms with Gasteiger partial charge in [-0.25, -0.2) is 0 Å². The van der Waals surface area contributed by atoms with Crippen LogP contribution in [0.1, 0.15) is 24.0 Å². The summed E-state index contributed by atoms with van der Waals surface area (Å²) >= 11 is 0. The maximum absolute atomic E-state index is 12.3. The van der Waals surface area contributed by atoms with E-state index in [-0.39, 0.29) is 11.8 Å². The molecule has 2 unspecified atom stereocenters. The lowest BCUT2D eigenvalue weighted by atomic mass is 9.83. The number of hydrogen-bond donors (Lipinski definition) is 3. The number of aliphatic hydroxyl groups is 1. The second-order valence-electron chi connectivity index (χ2n) is 6.08. The van der Waals surface area contributed by atoms with Gasteiger partial charge in [0, 0.05) is 19.0 Å². The highest BCUT2D eigenvalue weighted by atomic mass is 16.3. The number of β-amino-alcohol motifs (C(OH)–C–C–N with tert-alkyl or cyclic N) is 1. The molecule has 2 atom stereocenters. The van der Waals surface area contributed by atoms with E-state index in [2.05, 4.69) is 28.8 Å². The van der Waals surface area contributed by atoms with E-state index in [4.69, 9.17) is 0 Å². The van der Waals surface area contributed by atoms with Crippen LogP contribution in [0.3, 0.4) is 0 Å². The van der Waals surface area contributed by atoms with Gasteiger partial charge >= 0.3 is 0 Å². The molecule has 1 aromatic rings. The van der Waals surface area contributed by atoms with Crippen molar-refractivity contribution < 1.29 is 9.90 Å². The summed E-state index contributed by atoms with van der Waals surface area (Å²) in [5, 5.41) is 16.3. The number of nitrogens with one attached hydrogen (secondary N) is 2. The second-order valence-corrected chi connectivity index (χ2v) is 6.08. The minimum Gasteiger partial charge on any atom is -0.387 e. The quantitative estimate of drug-likeness (QED) is 0.758. The highest BCUT2D eigenvalue weighted by molar-refractivity contribution is 5.79. The van der Waals surface area contributed by atoms with Gasteiger partial charge in [0.05, 0.1) is 5.60 Å². The Hall–Kier alpha value is -1.39. The molecule has 4 heteroatoms. The summed E-state index contributed by atoms with van der Waals surface area (Å²) < 4.78 is 0. The molecule has 0 saturated carbocycles. The molecule has 3 rings (SSSR count). The van der Waals surface area contributed by atoms with Gasteiger partial charge in [0.2, 0.25) is 5.91 Å². The van der Waals surface area contributed by atoms with E-state index in [0.717, 1.165) is 25.8 Å². The minimum absolute atomic E-state index is 0.0443. The van der Waals surface area contributed by atoms with Crippen LogP contribution in [0.2, 0.25) is 0 Å². The lowest BCUT2D eigenvalue weighted by Gasteiger charge is -2.26. The summed E-state index contributed by atoms with van der Waals surface area (Å²) in [6, 6.07) is 8.35. The van der Waals surface area contributed by atoms with Crippen molar-refractivity contribution in [2.45, 2.75) is 31.3 Å². The van der Waals surface area contributed by atoms with Crippen molar-refractivity contribution in [3.05, 3.63) is 35.4 Å². The maximum atomic E-state index is 12.3. The zero-order valence-electron chi connectivity index (χ0n) is 11.7. The van der Waals surface area contributed by atoms with Crippen molar-refractivity contribution in [1.29, 1.82) is 0 Å². The first-order valence-electron chi connectivity index (χ1n) is 7.44. The first kappa shape index (κ1) is 13.6. The van der Waals surface area contributed by atoms with Crippen LogP contribution in [0.15, 0.2) is 24.3 Å². The van der Waals surface area contributed by atoms with Crippen molar-refractivity contribution in [2.75, 3.05) is 19.6 Å². The topological polar surface area (TPSA) is 61.4 Å². The molecule has 1 amide bonds.